The first kappa shape index (κ1) is 15.2. The minimum Gasteiger partial charge on any atom is -0.507 e. The van der Waals surface area contributed by atoms with Gasteiger partial charge in [0.25, 0.3) is 0 Å². The average molecular weight is 321 g/mol. The molecule has 6 nitrogen and oxygen atoms in total. The van der Waals surface area contributed by atoms with Gasteiger partial charge < -0.3 is 24.1 Å². The molecule has 3 unspecified atom stereocenters. The first-order valence-corrected chi connectivity index (χ1v) is 8.21. The average Bonchev–Trinajstić information content (AvgIpc) is 3.34. The number of nitrogens with two attached hydrogens (primary N) is 1. The molecule has 0 amide bonds. The van der Waals surface area contributed by atoms with Crippen molar-refractivity contribution in [3.8, 4) is 11.5 Å². The molecule has 0 radical (unpaired) electrons. The second-order valence-corrected chi connectivity index (χ2v) is 6.53. The van der Waals surface area contributed by atoms with Crippen LogP contribution in [0.1, 0.15) is 22.3 Å². The third-order valence-electron chi connectivity index (χ3n) is 4.71. The van der Waals surface area contributed by atoms with Gasteiger partial charge in [0.1, 0.15) is 18.2 Å². The molecular formula is C17H23NO5. The molecule has 23 heavy (non-hydrogen) atoms. The monoisotopic (exact) mass is 321 g/mol. The van der Waals surface area contributed by atoms with E-state index in [1.165, 1.54) is 0 Å². The standard InChI is InChI=1S/C17H23NO5/c1-9-16(19)14(3-11-6-21-11)13(2-10-5-20-10)15(4-12-7-22-12)17(9)23-8-18/h10-12,19H,2-8,18H2,1H3. The number of phenolic OH excluding ortho intramolecular Hbond substituents is 1. The molecule has 3 atom stereocenters. The molecule has 0 spiro atoms. The number of aromatic hydroxyl groups is 1. The number of hydrogen-bond acceptors (Lipinski definition) is 6. The van der Waals surface area contributed by atoms with Crippen molar-refractivity contribution >= 4 is 0 Å². The predicted octanol–water partition coefficient (Wildman–Crippen LogP) is 0.820. The number of rotatable bonds is 8. The van der Waals surface area contributed by atoms with Crippen LogP contribution in [0.2, 0.25) is 0 Å². The van der Waals surface area contributed by atoms with Gasteiger partial charge in [-0.2, -0.15) is 0 Å². The minimum absolute atomic E-state index is 0.0866. The van der Waals surface area contributed by atoms with Crippen LogP contribution in [-0.2, 0) is 33.5 Å². The Morgan fingerprint density at radius 2 is 1.43 bits per heavy atom. The van der Waals surface area contributed by atoms with E-state index in [-0.39, 0.29) is 25.0 Å². The highest BCUT2D eigenvalue weighted by Gasteiger charge is 2.35. The SMILES string of the molecule is Cc1c(O)c(CC2CO2)c(CC2CO2)c(CC2CO2)c1OCN. The van der Waals surface area contributed by atoms with Crippen LogP contribution in [0.3, 0.4) is 0 Å². The van der Waals surface area contributed by atoms with E-state index >= 15 is 0 Å². The van der Waals surface area contributed by atoms with Gasteiger partial charge in [0, 0.05) is 36.0 Å². The van der Waals surface area contributed by atoms with Gasteiger partial charge in [-0.05, 0) is 12.5 Å². The van der Waals surface area contributed by atoms with Gasteiger partial charge >= 0.3 is 0 Å². The topological polar surface area (TPSA) is 93.1 Å². The van der Waals surface area contributed by atoms with Crippen LogP contribution in [0.4, 0.5) is 0 Å². The maximum atomic E-state index is 10.7. The van der Waals surface area contributed by atoms with Gasteiger partial charge in [-0.1, -0.05) is 0 Å². The van der Waals surface area contributed by atoms with E-state index in [2.05, 4.69) is 0 Å². The molecule has 1 aromatic rings. The van der Waals surface area contributed by atoms with Gasteiger partial charge in [-0.3, -0.25) is 5.73 Å². The third kappa shape index (κ3) is 3.30. The van der Waals surface area contributed by atoms with Gasteiger partial charge in [-0.25, -0.2) is 0 Å². The fourth-order valence-electron chi connectivity index (χ4n) is 3.22. The highest BCUT2D eigenvalue weighted by molar-refractivity contribution is 5.59. The molecule has 4 rings (SSSR count). The van der Waals surface area contributed by atoms with Crippen molar-refractivity contribution in [2.24, 2.45) is 5.73 Å². The van der Waals surface area contributed by atoms with Gasteiger partial charge in [0.15, 0.2) is 0 Å². The predicted molar refractivity (Wildman–Crippen MR) is 82.9 cm³/mol. The van der Waals surface area contributed by atoms with Crippen LogP contribution in [0.25, 0.3) is 0 Å². The van der Waals surface area contributed by atoms with Crippen LogP contribution in [0.5, 0.6) is 11.5 Å². The molecule has 3 saturated heterocycles. The zero-order chi connectivity index (χ0) is 16.0. The zero-order valence-electron chi connectivity index (χ0n) is 13.3. The number of benzene rings is 1. The Morgan fingerprint density at radius 1 is 0.957 bits per heavy atom. The largest absolute Gasteiger partial charge is 0.507 e. The Kier molecular flexibility index (Phi) is 3.93. The molecule has 0 aliphatic carbocycles. The van der Waals surface area contributed by atoms with E-state index < -0.39 is 0 Å². The summed E-state index contributed by atoms with van der Waals surface area (Å²) in [7, 11) is 0. The summed E-state index contributed by atoms with van der Waals surface area (Å²) in [5.41, 5.74) is 9.57. The Labute approximate surface area is 135 Å². The van der Waals surface area contributed by atoms with Crippen molar-refractivity contribution in [3.05, 3.63) is 22.3 Å². The van der Waals surface area contributed by atoms with E-state index in [1.807, 2.05) is 6.92 Å². The minimum atomic E-state index is 0.0866. The highest BCUT2D eigenvalue weighted by atomic mass is 16.6. The van der Waals surface area contributed by atoms with Crippen molar-refractivity contribution in [1.29, 1.82) is 0 Å². The summed E-state index contributed by atoms with van der Waals surface area (Å²) in [6.07, 6.45) is 3.00. The van der Waals surface area contributed by atoms with Crippen LogP contribution < -0.4 is 10.5 Å². The summed E-state index contributed by atoms with van der Waals surface area (Å²) in [5.74, 6) is 1.01. The summed E-state index contributed by atoms with van der Waals surface area (Å²) >= 11 is 0. The van der Waals surface area contributed by atoms with Crippen LogP contribution in [0, 0.1) is 6.92 Å². The summed E-state index contributed by atoms with van der Waals surface area (Å²) in [6, 6.07) is 0. The molecule has 126 valence electrons. The zero-order valence-corrected chi connectivity index (χ0v) is 13.3. The normalized spacial score (nSPS) is 27.8. The van der Waals surface area contributed by atoms with Crippen LogP contribution in [-0.4, -0.2) is 50.0 Å². The molecule has 0 bridgehead atoms. The Balaban J connectivity index is 1.79. The first-order chi connectivity index (χ1) is 11.2. The van der Waals surface area contributed by atoms with Gasteiger partial charge in [-0.15, -0.1) is 0 Å². The van der Waals surface area contributed by atoms with Crippen molar-refractivity contribution < 1.29 is 24.1 Å². The third-order valence-corrected chi connectivity index (χ3v) is 4.71. The van der Waals surface area contributed by atoms with Gasteiger partial charge in [0.05, 0.1) is 38.1 Å². The number of phenols is 1. The highest BCUT2D eigenvalue weighted by Crippen LogP contribution is 2.42. The molecule has 0 aromatic heterocycles. The molecule has 6 heteroatoms. The van der Waals surface area contributed by atoms with Crippen molar-refractivity contribution in [2.75, 3.05) is 26.6 Å². The quantitative estimate of drug-likeness (QED) is 0.544. The fraction of sp³-hybridized carbons (Fsp3) is 0.647. The van der Waals surface area contributed by atoms with Crippen LogP contribution >= 0.6 is 0 Å². The summed E-state index contributed by atoms with van der Waals surface area (Å²) < 4.78 is 21.9. The Morgan fingerprint density at radius 3 is 1.91 bits per heavy atom. The molecule has 3 fully saturated rings. The summed E-state index contributed by atoms with van der Waals surface area (Å²) in [5, 5.41) is 10.7. The molecule has 3 aliphatic heterocycles. The lowest BCUT2D eigenvalue weighted by molar-refractivity contribution is 0.316. The maximum absolute atomic E-state index is 10.7. The molecule has 0 saturated carbocycles. The van der Waals surface area contributed by atoms with E-state index in [9.17, 15) is 5.11 Å². The number of hydrogen-bond donors (Lipinski definition) is 2. The molecule has 1 aromatic carbocycles. The fourth-order valence-corrected chi connectivity index (χ4v) is 3.22. The van der Waals surface area contributed by atoms with E-state index in [0.29, 0.717) is 11.5 Å². The van der Waals surface area contributed by atoms with E-state index in [0.717, 1.165) is 61.3 Å². The van der Waals surface area contributed by atoms with Crippen molar-refractivity contribution in [3.63, 3.8) is 0 Å². The molecular weight excluding hydrogens is 298 g/mol. The second kappa shape index (κ2) is 5.94. The molecule has 3 aliphatic rings. The Bertz CT molecular complexity index is 606. The van der Waals surface area contributed by atoms with Crippen molar-refractivity contribution in [2.45, 2.75) is 44.5 Å². The lowest BCUT2D eigenvalue weighted by atomic mass is 9.88. The lowest BCUT2D eigenvalue weighted by Crippen LogP contribution is -2.15. The first-order valence-electron chi connectivity index (χ1n) is 8.21. The van der Waals surface area contributed by atoms with E-state index in [1.54, 1.807) is 0 Å². The molecule has 3 N–H and O–H groups in total. The summed E-state index contributed by atoms with van der Waals surface area (Å²) in [6.45, 7) is 4.29. The number of ether oxygens (including phenoxy) is 4. The van der Waals surface area contributed by atoms with Crippen molar-refractivity contribution in [1.82, 2.24) is 0 Å². The van der Waals surface area contributed by atoms with Crippen LogP contribution in [0.15, 0.2) is 0 Å². The lowest BCUT2D eigenvalue weighted by Gasteiger charge is -2.22. The maximum Gasteiger partial charge on any atom is 0.137 e. The Hall–Kier alpha value is -1.34. The summed E-state index contributed by atoms with van der Waals surface area (Å²) in [4.78, 5) is 0. The molecule has 3 heterocycles. The second-order valence-electron chi connectivity index (χ2n) is 6.53. The number of epoxide rings is 3. The van der Waals surface area contributed by atoms with Gasteiger partial charge in [0.2, 0.25) is 0 Å². The smallest absolute Gasteiger partial charge is 0.137 e. The van der Waals surface area contributed by atoms with E-state index in [4.69, 9.17) is 24.7 Å².